The summed E-state index contributed by atoms with van der Waals surface area (Å²) in [5.74, 6) is 0.243. The second-order valence-corrected chi connectivity index (χ2v) is 5.10. The minimum atomic E-state index is -0.223. The van der Waals surface area contributed by atoms with E-state index in [0.717, 1.165) is 12.8 Å². The number of hydrogen-bond acceptors (Lipinski definition) is 2. The lowest BCUT2D eigenvalue weighted by atomic mass is 9.87. The van der Waals surface area contributed by atoms with Gasteiger partial charge in [0.1, 0.15) is 0 Å². The third-order valence-electron chi connectivity index (χ3n) is 2.28. The molecule has 0 aliphatic heterocycles. The van der Waals surface area contributed by atoms with Crippen molar-refractivity contribution in [3.8, 4) is 0 Å². The van der Waals surface area contributed by atoms with Crippen molar-refractivity contribution in [2.45, 2.75) is 46.6 Å². The monoisotopic (exact) mass is 188 g/mol. The van der Waals surface area contributed by atoms with E-state index in [0.29, 0.717) is 12.0 Å². The van der Waals surface area contributed by atoms with E-state index in [1.54, 1.807) is 7.11 Å². The summed E-state index contributed by atoms with van der Waals surface area (Å²) in [6.07, 6.45) is 1.70. The third-order valence-corrected chi connectivity index (χ3v) is 2.28. The second-order valence-electron chi connectivity index (χ2n) is 5.10. The Hall–Kier alpha value is -0.0800. The molecule has 0 aromatic carbocycles. The topological polar surface area (TPSA) is 29.5 Å². The highest BCUT2D eigenvalue weighted by Crippen LogP contribution is 2.23. The minimum absolute atomic E-state index is 0.223. The average molecular weight is 188 g/mol. The van der Waals surface area contributed by atoms with Gasteiger partial charge in [0.15, 0.2) is 0 Å². The number of hydrogen-bond donors (Lipinski definition) is 1. The maximum atomic E-state index is 9.73. The van der Waals surface area contributed by atoms with Crippen LogP contribution in [0.4, 0.5) is 0 Å². The maximum Gasteiger partial charge on any atom is 0.0587 e. The predicted molar refractivity (Wildman–Crippen MR) is 55.7 cm³/mol. The molecule has 0 heterocycles. The van der Waals surface area contributed by atoms with Crippen LogP contribution in [0.25, 0.3) is 0 Å². The summed E-state index contributed by atoms with van der Waals surface area (Å²) in [5, 5.41) is 9.73. The minimum Gasteiger partial charge on any atom is -0.393 e. The van der Waals surface area contributed by atoms with E-state index in [1.165, 1.54) is 0 Å². The van der Waals surface area contributed by atoms with Gasteiger partial charge in [-0.3, -0.25) is 0 Å². The van der Waals surface area contributed by atoms with Crippen LogP contribution in [0.5, 0.6) is 0 Å². The summed E-state index contributed by atoms with van der Waals surface area (Å²) < 4.78 is 5.00. The van der Waals surface area contributed by atoms with E-state index in [9.17, 15) is 5.11 Å². The fourth-order valence-corrected chi connectivity index (χ4v) is 1.24. The van der Waals surface area contributed by atoms with E-state index in [2.05, 4.69) is 20.8 Å². The van der Waals surface area contributed by atoms with Gasteiger partial charge in [-0.15, -0.1) is 0 Å². The van der Waals surface area contributed by atoms with Gasteiger partial charge in [0, 0.05) is 13.0 Å². The first-order chi connectivity index (χ1) is 5.87. The zero-order valence-electron chi connectivity index (χ0n) is 9.63. The molecule has 0 saturated carbocycles. The summed E-state index contributed by atoms with van der Waals surface area (Å²) >= 11 is 0. The molecule has 0 fully saturated rings. The zero-order chi connectivity index (χ0) is 10.5. The van der Waals surface area contributed by atoms with Crippen LogP contribution in [-0.2, 0) is 4.74 Å². The van der Waals surface area contributed by atoms with Gasteiger partial charge in [0.05, 0.1) is 12.7 Å². The van der Waals surface area contributed by atoms with Crippen LogP contribution in [0.3, 0.4) is 0 Å². The average Bonchev–Trinajstić information content (AvgIpc) is 1.99. The van der Waals surface area contributed by atoms with Crippen LogP contribution in [0, 0.1) is 11.3 Å². The van der Waals surface area contributed by atoms with Gasteiger partial charge in [-0.25, -0.2) is 0 Å². The summed E-state index contributed by atoms with van der Waals surface area (Å²) in [6, 6.07) is 0. The standard InChI is InChI=1S/C11H24O2/c1-9(8-13-5)10(12)6-7-11(2,3)4/h9-10,12H,6-8H2,1-5H3. The summed E-state index contributed by atoms with van der Waals surface area (Å²) in [7, 11) is 1.67. The Morgan fingerprint density at radius 1 is 1.31 bits per heavy atom. The molecule has 0 aliphatic carbocycles. The van der Waals surface area contributed by atoms with Crippen LogP contribution < -0.4 is 0 Å². The highest BCUT2D eigenvalue weighted by molar-refractivity contribution is 4.69. The Morgan fingerprint density at radius 2 is 1.85 bits per heavy atom. The van der Waals surface area contributed by atoms with E-state index in [1.807, 2.05) is 6.92 Å². The highest BCUT2D eigenvalue weighted by Gasteiger charge is 2.17. The van der Waals surface area contributed by atoms with Gasteiger partial charge in [0.2, 0.25) is 0 Å². The van der Waals surface area contributed by atoms with Crippen molar-refractivity contribution in [1.82, 2.24) is 0 Å². The van der Waals surface area contributed by atoms with Gasteiger partial charge in [0.25, 0.3) is 0 Å². The first kappa shape index (κ1) is 12.9. The smallest absolute Gasteiger partial charge is 0.0587 e. The fourth-order valence-electron chi connectivity index (χ4n) is 1.24. The fraction of sp³-hybridized carbons (Fsp3) is 1.00. The van der Waals surface area contributed by atoms with Gasteiger partial charge >= 0.3 is 0 Å². The molecule has 0 amide bonds. The van der Waals surface area contributed by atoms with E-state index >= 15 is 0 Å². The number of ether oxygens (including phenoxy) is 1. The van der Waals surface area contributed by atoms with Crippen LogP contribution in [0.2, 0.25) is 0 Å². The Kier molecular flexibility index (Phi) is 5.57. The molecule has 80 valence electrons. The predicted octanol–water partition coefficient (Wildman–Crippen LogP) is 2.46. The normalized spacial score (nSPS) is 17.1. The van der Waals surface area contributed by atoms with Crippen molar-refractivity contribution in [2.24, 2.45) is 11.3 Å². The lowest BCUT2D eigenvalue weighted by Gasteiger charge is -2.23. The number of rotatable bonds is 5. The molecule has 2 nitrogen and oxygen atoms in total. The molecule has 0 aromatic rings. The quantitative estimate of drug-likeness (QED) is 0.718. The first-order valence-corrected chi connectivity index (χ1v) is 5.04. The molecule has 0 radical (unpaired) electrons. The van der Waals surface area contributed by atoms with Crippen LogP contribution in [0.15, 0.2) is 0 Å². The van der Waals surface area contributed by atoms with Gasteiger partial charge in [-0.2, -0.15) is 0 Å². The van der Waals surface area contributed by atoms with E-state index < -0.39 is 0 Å². The second kappa shape index (κ2) is 5.61. The van der Waals surface area contributed by atoms with Gasteiger partial charge in [-0.05, 0) is 18.3 Å². The highest BCUT2D eigenvalue weighted by atomic mass is 16.5. The molecule has 0 aromatic heterocycles. The molecule has 0 saturated heterocycles. The molecule has 0 bridgehead atoms. The SMILES string of the molecule is COCC(C)C(O)CCC(C)(C)C. The molecule has 13 heavy (non-hydrogen) atoms. The van der Waals surface area contributed by atoms with Crippen LogP contribution in [-0.4, -0.2) is 24.9 Å². The van der Waals surface area contributed by atoms with Crippen LogP contribution in [0.1, 0.15) is 40.5 Å². The Labute approximate surface area is 82.3 Å². The summed E-state index contributed by atoms with van der Waals surface area (Å²) in [5.41, 5.74) is 0.313. The summed E-state index contributed by atoms with van der Waals surface area (Å²) in [4.78, 5) is 0. The lowest BCUT2D eigenvalue weighted by Crippen LogP contribution is -2.23. The third kappa shape index (κ3) is 7.03. The summed E-state index contributed by atoms with van der Waals surface area (Å²) in [6.45, 7) is 9.25. The van der Waals surface area contributed by atoms with Crippen molar-refractivity contribution < 1.29 is 9.84 Å². The molecule has 2 atom stereocenters. The van der Waals surface area contributed by atoms with Crippen LogP contribution >= 0.6 is 0 Å². The van der Waals surface area contributed by atoms with E-state index in [-0.39, 0.29) is 12.0 Å². The number of methoxy groups -OCH3 is 1. The maximum absolute atomic E-state index is 9.73. The number of aliphatic hydroxyl groups excluding tert-OH is 1. The number of aliphatic hydroxyl groups is 1. The Morgan fingerprint density at radius 3 is 2.23 bits per heavy atom. The van der Waals surface area contributed by atoms with Crippen molar-refractivity contribution in [1.29, 1.82) is 0 Å². The van der Waals surface area contributed by atoms with Crippen molar-refractivity contribution in [3.05, 3.63) is 0 Å². The Balaban J connectivity index is 3.67. The van der Waals surface area contributed by atoms with Crippen molar-refractivity contribution in [3.63, 3.8) is 0 Å². The zero-order valence-corrected chi connectivity index (χ0v) is 9.63. The van der Waals surface area contributed by atoms with Crippen molar-refractivity contribution >= 4 is 0 Å². The van der Waals surface area contributed by atoms with E-state index in [4.69, 9.17) is 4.74 Å². The van der Waals surface area contributed by atoms with Gasteiger partial charge < -0.3 is 9.84 Å². The molecule has 0 spiro atoms. The first-order valence-electron chi connectivity index (χ1n) is 5.04. The molecular formula is C11H24O2. The largest absolute Gasteiger partial charge is 0.393 e. The van der Waals surface area contributed by atoms with Gasteiger partial charge in [-0.1, -0.05) is 27.7 Å². The Bertz CT molecular complexity index is 127. The lowest BCUT2D eigenvalue weighted by molar-refractivity contribution is 0.0449. The molecule has 1 N–H and O–H groups in total. The molecule has 0 aliphatic rings. The molecule has 2 heteroatoms. The molecule has 0 rings (SSSR count). The van der Waals surface area contributed by atoms with Crippen molar-refractivity contribution in [2.75, 3.05) is 13.7 Å². The molecular weight excluding hydrogens is 164 g/mol. The molecule has 2 unspecified atom stereocenters.